The number of ether oxygens (including phenoxy) is 2. The third-order valence-corrected chi connectivity index (χ3v) is 14.2. The molecule has 0 aromatic carbocycles. The Balaban J connectivity index is 4.72. The number of carbonyl (C=O) groups is 2. The van der Waals surface area contributed by atoms with Gasteiger partial charge < -0.3 is 14.4 Å². The van der Waals surface area contributed by atoms with Crippen molar-refractivity contribution in [1.29, 1.82) is 0 Å². The molecule has 8 nitrogen and oxygen atoms in total. The molecule has 0 aromatic heterocycles. The molecule has 0 saturated carbocycles. The highest BCUT2D eigenvalue weighted by Crippen LogP contribution is 2.43. The van der Waals surface area contributed by atoms with Crippen LogP contribution >= 0.6 is 7.82 Å². The Hall–Kier alpha value is -1.73. The number of phosphoric acid groups is 1. The van der Waals surface area contributed by atoms with Crippen molar-refractivity contribution in [3.8, 4) is 0 Å². The second-order valence-corrected chi connectivity index (χ2v) is 22.4. The van der Waals surface area contributed by atoms with Gasteiger partial charge in [0.05, 0.1) is 13.2 Å². The largest absolute Gasteiger partial charge is 0.472 e. The number of carbonyl (C=O) groups excluding carboxylic acids is 2. The summed E-state index contributed by atoms with van der Waals surface area (Å²) in [4.78, 5) is 36.1. The minimum Gasteiger partial charge on any atom is -0.462 e. The van der Waals surface area contributed by atoms with Crippen molar-refractivity contribution in [2.45, 2.75) is 292 Å². The fraction of sp³-hybridized carbons (Fsp3) is 0.864. The Morgan fingerprint density at radius 2 is 0.897 bits per heavy atom. The van der Waals surface area contributed by atoms with Gasteiger partial charge in [0, 0.05) is 12.8 Å². The molecule has 0 aromatic rings. The Labute approximate surface area is 421 Å². The Morgan fingerprint density at radius 3 is 1.37 bits per heavy atom. The van der Waals surface area contributed by atoms with Crippen LogP contribution in [0.15, 0.2) is 36.0 Å². The summed E-state index contributed by atoms with van der Waals surface area (Å²) in [6.45, 7) is 15.2. The topological polar surface area (TPSA) is 108 Å². The van der Waals surface area contributed by atoms with Gasteiger partial charge in [0.2, 0.25) is 0 Å². The van der Waals surface area contributed by atoms with Gasteiger partial charge in [-0.1, -0.05) is 225 Å². The van der Waals surface area contributed by atoms with Crippen molar-refractivity contribution in [2.75, 3.05) is 19.8 Å². The molecule has 0 bridgehead atoms. The van der Waals surface area contributed by atoms with E-state index in [1.165, 1.54) is 128 Å². The first-order valence-corrected chi connectivity index (χ1v) is 30.3. The molecule has 0 aliphatic carbocycles. The van der Waals surface area contributed by atoms with Crippen molar-refractivity contribution in [1.82, 2.24) is 0 Å². The lowest BCUT2D eigenvalue weighted by atomic mass is 9.91. The predicted octanol–water partition coefficient (Wildman–Crippen LogP) is 19.0. The van der Waals surface area contributed by atoms with Gasteiger partial charge in [-0.25, -0.2) is 4.57 Å². The van der Waals surface area contributed by atoms with Crippen LogP contribution in [0.3, 0.4) is 0 Å². The fourth-order valence-electron chi connectivity index (χ4n) is 8.60. The Morgan fingerprint density at radius 1 is 0.485 bits per heavy atom. The van der Waals surface area contributed by atoms with E-state index in [9.17, 15) is 19.0 Å². The minimum atomic E-state index is -4.45. The van der Waals surface area contributed by atoms with Crippen LogP contribution in [0.1, 0.15) is 286 Å². The third-order valence-electron chi connectivity index (χ3n) is 13.2. The molecule has 1 N–H and O–H groups in total. The van der Waals surface area contributed by atoms with Crippen molar-refractivity contribution in [2.24, 2.45) is 17.8 Å². The first kappa shape index (κ1) is 66.3. The van der Waals surface area contributed by atoms with E-state index in [4.69, 9.17) is 18.5 Å². The van der Waals surface area contributed by atoms with Crippen LogP contribution in [0.2, 0.25) is 0 Å². The highest BCUT2D eigenvalue weighted by atomic mass is 31.2. The van der Waals surface area contributed by atoms with Crippen LogP contribution in [0, 0.1) is 17.8 Å². The number of allylic oxidation sites excluding steroid dienone is 5. The van der Waals surface area contributed by atoms with Crippen molar-refractivity contribution >= 4 is 19.8 Å². The lowest BCUT2D eigenvalue weighted by Gasteiger charge is -2.20. The van der Waals surface area contributed by atoms with Crippen LogP contribution in [0.5, 0.6) is 0 Å². The molecule has 9 heteroatoms. The first-order valence-electron chi connectivity index (χ1n) is 28.8. The zero-order valence-corrected chi connectivity index (χ0v) is 46.6. The predicted molar refractivity (Wildman–Crippen MR) is 290 cm³/mol. The number of rotatable bonds is 51. The van der Waals surface area contributed by atoms with Gasteiger partial charge in [-0.15, -0.1) is 0 Å². The molecule has 68 heavy (non-hydrogen) atoms. The van der Waals surface area contributed by atoms with Gasteiger partial charge in [0.25, 0.3) is 0 Å². The molecular formula is C59H111O8P. The van der Waals surface area contributed by atoms with Gasteiger partial charge in [0.1, 0.15) is 6.61 Å². The summed E-state index contributed by atoms with van der Waals surface area (Å²) < 4.78 is 34.6. The normalized spacial score (nSPS) is 14.5. The summed E-state index contributed by atoms with van der Waals surface area (Å²) in [6, 6.07) is 0. The number of esters is 2. The van der Waals surface area contributed by atoms with Crippen LogP contribution < -0.4 is 0 Å². The molecule has 0 saturated heterocycles. The summed E-state index contributed by atoms with van der Waals surface area (Å²) >= 11 is 0. The molecule has 3 unspecified atom stereocenters. The summed E-state index contributed by atoms with van der Waals surface area (Å²) in [7, 11) is -4.45. The molecule has 0 aliphatic rings. The van der Waals surface area contributed by atoms with Crippen molar-refractivity contribution in [3.63, 3.8) is 0 Å². The second kappa shape index (κ2) is 48.9. The van der Waals surface area contributed by atoms with Gasteiger partial charge in [-0.05, 0) is 102 Å². The third kappa shape index (κ3) is 49.3. The molecule has 0 spiro atoms. The number of hydrogen-bond acceptors (Lipinski definition) is 7. The summed E-state index contributed by atoms with van der Waals surface area (Å²) in [6.07, 6.45) is 52.1. The van der Waals surface area contributed by atoms with E-state index in [0.717, 1.165) is 107 Å². The highest BCUT2D eigenvalue weighted by molar-refractivity contribution is 7.47. The molecule has 400 valence electrons. The Kier molecular flexibility index (Phi) is 47.6. The quantitative estimate of drug-likeness (QED) is 0.0278. The molecular weight excluding hydrogens is 868 g/mol. The molecule has 0 rings (SSSR count). The van der Waals surface area contributed by atoms with E-state index in [1.54, 1.807) is 0 Å². The van der Waals surface area contributed by atoms with Gasteiger partial charge >= 0.3 is 19.8 Å². The maximum atomic E-state index is 12.9. The lowest BCUT2D eigenvalue weighted by molar-refractivity contribution is -0.161. The summed E-state index contributed by atoms with van der Waals surface area (Å²) in [5.74, 6) is 1.48. The van der Waals surface area contributed by atoms with Crippen LogP contribution in [-0.4, -0.2) is 42.8 Å². The van der Waals surface area contributed by atoms with Crippen molar-refractivity contribution < 1.29 is 37.6 Å². The van der Waals surface area contributed by atoms with Gasteiger partial charge in [-0.2, -0.15) is 0 Å². The molecule has 4 atom stereocenters. The van der Waals surface area contributed by atoms with Crippen LogP contribution in [0.25, 0.3) is 0 Å². The summed E-state index contributed by atoms with van der Waals surface area (Å²) in [5, 5.41) is 0. The van der Waals surface area contributed by atoms with Crippen molar-refractivity contribution in [3.05, 3.63) is 36.0 Å². The molecule has 0 amide bonds. The lowest BCUT2D eigenvalue weighted by Crippen LogP contribution is -2.29. The van der Waals surface area contributed by atoms with E-state index in [0.29, 0.717) is 12.3 Å². The second-order valence-electron chi connectivity index (χ2n) is 20.9. The Bertz CT molecular complexity index is 1280. The fourth-order valence-corrected chi connectivity index (χ4v) is 9.29. The van der Waals surface area contributed by atoms with E-state index >= 15 is 0 Å². The smallest absolute Gasteiger partial charge is 0.462 e. The standard InChI is InChI=1S/C59H111O8P/c1-8-10-12-14-16-18-20-22-24-26-28-30-32-34-36-47-58(60)64-51-57(67-59(61)48-37-35-33-31-29-27-25-23-21-19-17-15-13-11-9-2)52-66-68(62,63)65-50-49-56(7)46-40-45-55(6)44-39-43-54(5)42-38-41-53(3)4/h22-25,49,53-55,57H,8-21,26-48,50-52H2,1-7H3,(H,62,63)/b24-22-,25-23-,56-49+/t54?,55?,57-/m1/s1. The zero-order valence-electron chi connectivity index (χ0n) is 45.7. The molecule has 0 heterocycles. The average molecular weight is 980 g/mol. The first-order chi connectivity index (χ1) is 32.9. The van der Waals surface area contributed by atoms with Crippen LogP contribution in [-0.2, 0) is 32.7 Å². The molecule has 0 aliphatic heterocycles. The number of hydrogen-bond donors (Lipinski definition) is 1. The number of phosphoric ester groups is 1. The molecule has 0 fully saturated rings. The SMILES string of the molecule is CCCCCCCC/C=C\CCCCCCCC(=O)OC[C@H](COP(=O)(O)OC/C=C(\C)CCCC(C)CCCC(C)CCCC(C)C)OC(=O)CCCCCCC/C=C\CCCCCCCC. The minimum absolute atomic E-state index is 0.0608. The highest BCUT2D eigenvalue weighted by Gasteiger charge is 2.26. The molecule has 0 radical (unpaired) electrons. The van der Waals surface area contributed by atoms with Gasteiger partial charge in [-0.3, -0.25) is 18.6 Å². The summed E-state index contributed by atoms with van der Waals surface area (Å²) in [5.41, 5.74) is 1.11. The average Bonchev–Trinajstić information content (AvgIpc) is 3.29. The van der Waals surface area contributed by atoms with Gasteiger partial charge in [0.15, 0.2) is 6.10 Å². The maximum Gasteiger partial charge on any atom is 0.472 e. The van der Waals surface area contributed by atoms with E-state index in [1.807, 2.05) is 13.0 Å². The van der Waals surface area contributed by atoms with Crippen LogP contribution in [0.4, 0.5) is 0 Å². The monoisotopic (exact) mass is 979 g/mol. The van der Waals surface area contributed by atoms with E-state index < -0.39 is 26.5 Å². The van der Waals surface area contributed by atoms with E-state index in [2.05, 4.69) is 65.8 Å². The van der Waals surface area contributed by atoms with E-state index in [-0.39, 0.29) is 32.0 Å². The number of unbranched alkanes of at least 4 members (excludes halogenated alkanes) is 22. The zero-order chi connectivity index (χ0) is 50.2. The maximum absolute atomic E-state index is 12.9.